The van der Waals surface area contributed by atoms with E-state index < -0.39 is 0 Å². The van der Waals surface area contributed by atoms with E-state index in [1.807, 2.05) is 23.5 Å². The average molecular weight is 290 g/mol. The molecule has 20 heavy (non-hydrogen) atoms. The molecule has 0 saturated carbocycles. The summed E-state index contributed by atoms with van der Waals surface area (Å²) in [4.78, 5) is 18.7. The molecule has 2 aromatic heterocycles. The first-order valence-electron chi connectivity index (χ1n) is 6.76. The summed E-state index contributed by atoms with van der Waals surface area (Å²) in [5, 5.41) is 7.27. The quantitative estimate of drug-likeness (QED) is 0.851. The van der Waals surface area contributed by atoms with Gasteiger partial charge >= 0.3 is 0 Å². The molecule has 0 aliphatic carbocycles. The fraction of sp³-hybridized carbons (Fsp3) is 0.500. The molecule has 0 atom stereocenters. The summed E-state index contributed by atoms with van der Waals surface area (Å²) in [7, 11) is 1.83. The van der Waals surface area contributed by atoms with Crippen molar-refractivity contribution in [2.24, 2.45) is 7.05 Å². The number of rotatable bonds is 2. The van der Waals surface area contributed by atoms with Crippen LogP contribution in [0.25, 0.3) is 0 Å². The number of likely N-dealkylation sites (tertiary alicyclic amines) is 1. The number of thiazole rings is 1. The van der Waals surface area contributed by atoms with Crippen LogP contribution in [-0.4, -0.2) is 38.7 Å². The van der Waals surface area contributed by atoms with Gasteiger partial charge < -0.3 is 4.90 Å². The molecule has 3 heterocycles. The van der Waals surface area contributed by atoms with Crippen molar-refractivity contribution >= 4 is 17.2 Å². The van der Waals surface area contributed by atoms with Crippen molar-refractivity contribution in [3.05, 3.63) is 34.5 Å². The number of carbonyl (C=O) groups excluding carboxylic acids is 1. The van der Waals surface area contributed by atoms with E-state index in [1.165, 1.54) is 5.01 Å². The molecule has 106 valence electrons. The summed E-state index contributed by atoms with van der Waals surface area (Å²) < 4.78 is 1.66. The normalized spacial score (nSPS) is 18.2. The Bertz CT molecular complexity index is 596. The van der Waals surface area contributed by atoms with Crippen LogP contribution in [0, 0.1) is 0 Å². The maximum Gasteiger partial charge on any atom is 0.257 e. The Morgan fingerprint density at radius 3 is 2.70 bits per heavy atom. The van der Waals surface area contributed by atoms with Gasteiger partial charge in [-0.1, -0.05) is 6.92 Å². The highest BCUT2D eigenvalue weighted by Gasteiger charge is 2.35. The number of hydrogen-bond donors (Lipinski definition) is 0. The highest BCUT2D eigenvalue weighted by molar-refractivity contribution is 7.09. The lowest BCUT2D eigenvalue weighted by Gasteiger charge is -2.38. The van der Waals surface area contributed by atoms with Gasteiger partial charge in [-0.3, -0.25) is 9.48 Å². The Balaban J connectivity index is 1.68. The molecule has 0 bridgehead atoms. The number of aryl methyl sites for hydroxylation is 1. The van der Waals surface area contributed by atoms with Crippen LogP contribution in [0.2, 0.25) is 0 Å². The van der Waals surface area contributed by atoms with Gasteiger partial charge in [-0.15, -0.1) is 11.3 Å². The van der Waals surface area contributed by atoms with E-state index in [9.17, 15) is 4.79 Å². The van der Waals surface area contributed by atoms with Gasteiger partial charge in [-0.25, -0.2) is 4.98 Å². The fourth-order valence-electron chi connectivity index (χ4n) is 2.65. The minimum atomic E-state index is 0.0827. The first-order chi connectivity index (χ1) is 9.58. The molecule has 0 unspecified atom stereocenters. The third-order valence-electron chi connectivity index (χ3n) is 4.05. The van der Waals surface area contributed by atoms with Gasteiger partial charge in [-0.05, 0) is 12.8 Å². The molecule has 5 nitrogen and oxygen atoms in total. The number of carbonyl (C=O) groups is 1. The predicted molar refractivity (Wildman–Crippen MR) is 77.8 cm³/mol. The Hall–Kier alpha value is -1.69. The third kappa shape index (κ3) is 2.35. The zero-order valence-corrected chi connectivity index (χ0v) is 12.6. The SMILES string of the molecule is Cn1cc(C(=O)N2CCC(C)(c3nccs3)CC2)cn1. The van der Waals surface area contributed by atoms with Crippen LogP contribution >= 0.6 is 11.3 Å². The number of amides is 1. The smallest absolute Gasteiger partial charge is 0.257 e. The van der Waals surface area contributed by atoms with Gasteiger partial charge in [0.15, 0.2) is 0 Å². The van der Waals surface area contributed by atoms with Crippen LogP contribution in [0.5, 0.6) is 0 Å². The van der Waals surface area contributed by atoms with Crippen LogP contribution in [0.4, 0.5) is 0 Å². The van der Waals surface area contributed by atoms with Crippen molar-refractivity contribution in [3.63, 3.8) is 0 Å². The lowest BCUT2D eigenvalue weighted by molar-refractivity contribution is 0.0676. The summed E-state index contributed by atoms with van der Waals surface area (Å²) in [6.45, 7) is 3.81. The monoisotopic (exact) mass is 290 g/mol. The maximum absolute atomic E-state index is 12.4. The third-order valence-corrected chi connectivity index (χ3v) is 5.13. The van der Waals surface area contributed by atoms with E-state index in [-0.39, 0.29) is 11.3 Å². The van der Waals surface area contributed by atoms with Crippen molar-refractivity contribution < 1.29 is 4.79 Å². The summed E-state index contributed by atoms with van der Waals surface area (Å²) in [6.07, 6.45) is 7.20. The Labute approximate surface area is 122 Å². The van der Waals surface area contributed by atoms with Gasteiger partial charge in [0.25, 0.3) is 5.91 Å². The van der Waals surface area contributed by atoms with Gasteiger partial charge in [0.2, 0.25) is 0 Å². The minimum absolute atomic E-state index is 0.0827. The first-order valence-corrected chi connectivity index (χ1v) is 7.64. The Morgan fingerprint density at radius 1 is 1.40 bits per heavy atom. The minimum Gasteiger partial charge on any atom is -0.338 e. The summed E-state index contributed by atoms with van der Waals surface area (Å²) in [5.74, 6) is 0.0827. The molecule has 1 fully saturated rings. The van der Waals surface area contributed by atoms with Crippen molar-refractivity contribution in [2.75, 3.05) is 13.1 Å². The highest BCUT2D eigenvalue weighted by atomic mass is 32.1. The van der Waals surface area contributed by atoms with E-state index in [2.05, 4.69) is 17.0 Å². The Kier molecular flexibility index (Phi) is 3.33. The standard InChI is InChI=1S/C14H18N4OS/c1-14(13-15-5-8-20-13)3-6-18(7-4-14)12(19)11-9-16-17(2)10-11/h5,8-10H,3-4,6-7H2,1-2H3. The lowest BCUT2D eigenvalue weighted by atomic mass is 9.81. The van der Waals surface area contributed by atoms with Crippen LogP contribution in [0.15, 0.2) is 24.0 Å². The zero-order valence-electron chi connectivity index (χ0n) is 11.7. The summed E-state index contributed by atoms with van der Waals surface area (Å²) in [6, 6.07) is 0. The summed E-state index contributed by atoms with van der Waals surface area (Å²) >= 11 is 1.71. The molecular formula is C14H18N4OS. The molecule has 6 heteroatoms. The molecule has 0 aromatic carbocycles. The lowest BCUT2D eigenvalue weighted by Crippen LogP contribution is -2.43. The molecule has 2 aromatic rings. The van der Waals surface area contributed by atoms with E-state index in [0.29, 0.717) is 5.56 Å². The second kappa shape index (κ2) is 5.01. The van der Waals surface area contributed by atoms with Crippen LogP contribution in [-0.2, 0) is 12.5 Å². The number of piperidine rings is 1. The molecule has 1 saturated heterocycles. The molecule has 1 aliphatic heterocycles. The van der Waals surface area contributed by atoms with Crippen LogP contribution in [0.3, 0.4) is 0 Å². The molecule has 1 amide bonds. The van der Waals surface area contributed by atoms with E-state index in [1.54, 1.807) is 28.4 Å². The van der Waals surface area contributed by atoms with E-state index in [4.69, 9.17) is 0 Å². The molecule has 0 spiro atoms. The van der Waals surface area contributed by atoms with Gasteiger partial charge in [0.05, 0.1) is 16.8 Å². The molecule has 1 aliphatic rings. The van der Waals surface area contributed by atoms with Gasteiger partial charge in [0, 0.05) is 43.3 Å². The largest absolute Gasteiger partial charge is 0.338 e. The maximum atomic E-state index is 12.4. The van der Waals surface area contributed by atoms with Crippen molar-refractivity contribution in [3.8, 4) is 0 Å². The average Bonchev–Trinajstić information content (AvgIpc) is 3.10. The van der Waals surface area contributed by atoms with Crippen LogP contribution < -0.4 is 0 Å². The number of hydrogen-bond acceptors (Lipinski definition) is 4. The van der Waals surface area contributed by atoms with Crippen LogP contribution in [0.1, 0.15) is 35.1 Å². The predicted octanol–water partition coefficient (Wildman–Crippen LogP) is 2.07. The topological polar surface area (TPSA) is 51.0 Å². The highest BCUT2D eigenvalue weighted by Crippen LogP contribution is 2.36. The van der Waals surface area contributed by atoms with Gasteiger partial charge in [0.1, 0.15) is 0 Å². The zero-order chi connectivity index (χ0) is 14.2. The number of aromatic nitrogens is 3. The molecule has 0 radical (unpaired) electrons. The number of nitrogens with zero attached hydrogens (tertiary/aromatic N) is 4. The molecular weight excluding hydrogens is 272 g/mol. The Morgan fingerprint density at radius 2 is 2.15 bits per heavy atom. The molecule has 0 N–H and O–H groups in total. The van der Waals surface area contributed by atoms with E-state index in [0.717, 1.165) is 25.9 Å². The van der Waals surface area contributed by atoms with Crippen molar-refractivity contribution in [1.82, 2.24) is 19.7 Å². The van der Waals surface area contributed by atoms with Crippen molar-refractivity contribution in [1.29, 1.82) is 0 Å². The second-order valence-corrected chi connectivity index (χ2v) is 6.49. The van der Waals surface area contributed by atoms with Crippen molar-refractivity contribution in [2.45, 2.75) is 25.2 Å². The van der Waals surface area contributed by atoms with E-state index >= 15 is 0 Å². The summed E-state index contributed by atoms with van der Waals surface area (Å²) in [5.41, 5.74) is 0.783. The van der Waals surface area contributed by atoms with Gasteiger partial charge in [-0.2, -0.15) is 5.10 Å². The fourth-order valence-corrected chi connectivity index (χ4v) is 3.51. The first kappa shape index (κ1) is 13.3. The molecule has 3 rings (SSSR count). The second-order valence-electron chi connectivity index (χ2n) is 5.59.